The first-order valence-electron chi connectivity index (χ1n) is 7.55. The van der Waals surface area contributed by atoms with Crippen LogP contribution in [-0.2, 0) is 12.8 Å². The molecule has 1 heteroatoms. The molecule has 0 atom stereocenters. The van der Waals surface area contributed by atoms with Gasteiger partial charge in [-0.3, -0.25) is 0 Å². The Balaban J connectivity index is 2.13. The van der Waals surface area contributed by atoms with E-state index >= 15 is 0 Å². The van der Waals surface area contributed by atoms with Crippen LogP contribution in [0.25, 0.3) is 0 Å². The predicted octanol–water partition coefficient (Wildman–Crippen LogP) is 4.51. The van der Waals surface area contributed by atoms with Gasteiger partial charge in [-0.25, -0.2) is 0 Å². The summed E-state index contributed by atoms with van der Waals surface area (Å²) < 4.78 is 0. The largest absolute Gasteiger partial charge is 0.396 e. The van der Waals surface area contributed by atoms with Gasteiger partial charge in [-0.05, 0) is 30.4 Å². The number of unbranched alkanes of at least 4 members (excludes halogenated alkanes) is 6. The zero-order valence-corrected chi connectivity index (χ0v) is 11.8. The number of aliphatic hydroxyl groups is 1. The summed E-state index contributed by atoms with van der Waals surface area (Å²) >= 11 is 0. The van der Waals surface area contributed by atoms with Gasteiger partial charge in [-0.2, -0.15) is 0 Å². The Hall–Kier alpha value is -0.820. The van der Waals surface area contributed by atoms with E-state index in [2.05, 4.69) is 31.2 Å². The molecule has 1 nitrogen and oxygen atoms in total. The predicted molar refractivity (Wildman–Crippen MR) is 78.9 cm³/mol. The number of hydrogen-bond acceptors (Lipinski definition) is 1. The summed E-state index contributed by atoms with van der Waals surface area (Å²) in [6, 6.07) is 8.66. The van der Waals surface area contributed by atoms with E-state index in [9.17, 15) is 0 Å². The zero-order chi connectivity index (χ0) is 13.1. The van der Waals surface area contributed by atoms with Crippen molar-refractivity contribution in [3.8, 4) is 0 Å². The van der Waals surface area contributed by atoms with Crippen LogP contribution < -0.4 is 0 Å². The highest BCUT2D eigenvalue weighted by molar-refractivity contribution is 5.23. The maximum Gasteiger partial charge on any atom is 0.0471 e. The van der Waals surface area contributed by atoms with Crippen LogP contribution in [0.4, 0.5) is 0 Å². The Labute approximate surface area is 112 Å². The van der Waals surface area contributed by atoms with Crippen molar-refractivity contribution in [2.75, 3.05) is 6.61 Å². The lowest BCUT2D eigenvalue weighted by Crippen LogP contribution is -1.93. The van der Waals surface area contributed by atoms with E-state index in [1.807, 2.05) is 0 Å². The molecule has 1 aromatic rings. The highest BCUT2D eigenvalue weighted by atomic mass is 16.2. The van der Waals surface area contributed by atoms with Gasteiger partial charge in [0.25, 0.3) is 0 Å². The van der Waals surface area contributed by atoms with Gasteiger partial charge in [-0.1, -0.05) is 69.7 Å². The number of aryl methyl sites for hydroxylation is 1. The van der Waals surface area contributed by atoms with Crippen LogP contribution in [0.3, 0.4) is 0 Å². The van der Waals surface area contributed by atoms with Crippen molar-refractivity contribution in [2.45, 2.75) is 64.7 Å². The average molecular weight is 248 g/mol. The zero-order valence-electron chi connectivity index (χ0n) is 11.8. The Kier molecular flexibility index (Phi) is 8.58. The number of rotatable bonds is 10. The molecule has 0 aliphatic rings. The fourth-order valence-electron chi connectivity index (χ4n) is 2.36. The van der Waals surface area contributed by atoms with Gasteiger partial charge in [0.15, 0.2) is 0 Å². The lowest BCUT2D eigenvalue weighted by molar-refractivity contribution is 0.299. The van der Waals surface area contributed by atoms with Crippen LogP contribution in [-0.4, -0.2) is 11.7 Å². The fraction of sp³-hybridized carbons (Fsp3) is 0.647. The summed E-state index contributed by atoms with van der Waals surface area (Å²) in [5, 5.41) is 8.93. The van der Waals surface area contributed by atoms with E-state index in [4.69, 9.17) is 5.11 Å². The second kappa shape index (κ2) is 10.1. The summed E-state index contributed by atoms with van der Waals surface area (Å²) in [6.45, 7) is 2.51. The van der Waals surface area contributed by atoms with Gasteiger partial charge in [0.2, 0.25) is 0 Å². The molecule has 0 heterocycles. The van der Waals surface area contributed by atoms with Gasteiger partial charge in [0, 0.05) is 6.61 Å². The molecule has 1 aromatic carbocycles. The van der Waals surface area contributed by atoms with Crippen molar-refractivity contribution in [1.29, 1.82) is 0 Å². The summed E-state index contributed by atoms with van der Waals surface area (Å²) in [5.41, 5.74) is 2.69. The maximum atomic E-state index is 8.93. The van der Waals surface area contributed by atoms with Crippen molar-refractivity contribution in [2.24, 2.45) is 0 Å². The number of benzene rings is 1. The third-order valence-electron chi connectivity index (χ3n) is 3.46. The van der Waals surface area contributed by atoms with Gasteiger partial charge in [-0.15, -0.1) is 0 Å². The molecule has 0 bridgehead atoms. The molecule has 0 fully saturated rings. The van der Waals surface area contributed by atoms with Gasteiger partial charge >= 0.3 is 0 Å². The standard InChI is InChI=1S/C17H28O/c1-2-3-4-5-6-7-8-10-16-11-9-12-17(15-16)13-14-18/h9,11-12,15,18H,2-8,10,13-14H2,1H3. The van der Waals surface area contributed by atoms with Crippen LogP contribution in [0.15, 0.2) is 24.3 Å². The molecule has 0 saturated heterocycles. The fourth-order valence-corrected chi connectivity index (χ4v) is 2.36. The normalized spacial score (nSPS) is 10.8. The molecule has 0 unspecified atom stereocenters. The van der Waals surface area contributed by atoms with Crippen LogP contribution in [0, 0.1) is 0 Å². The SMILES string of the molecule is CCCCCCCCCc1cccc(CCO)c1. The van der Waals surface area contributed by atoms with E-state index in [1.54, 1.807) is 0 Å². The van der Waals surface area contributed by atoms with Crippen molar-refractivity contribution in [3.05, 3.63) is 35.4 Å². The summed E-state index contributed by atoms with van der Waals surface area (Å²) in [7, 11) is 0. The lowest BCUT2D eigenvalue weighted by Gasteiger charge is -2.04. The quantitative estimate of drug-likeness (QED) is 0.604. The Morgan fingerprint density at radius 1 is 0.833 bits per heavy atom. The van der Waals surface area contributed by atoms with E-state index < -0.39 is 0 Å². The molecule has 0 saturated carbocycles. The molecule has 102 valence electrons. The summed E-state index contributed by atoms with van der Waals surface area (Å²) in [5.74, 6) is 0. The molecule has 0 spiro atoms. The van der Waals surface area contributed by atoms with Crippen LogP contribution in [0.2, 0.25) is 0 Å². The van der Waals surface area contributed by atoms with Crippen molar-refractivity contribution in [3.63, 3.8) is 0 Å². The van der Waals surface area contributed by atoms with Crippen molar-refractivity contribution in [1.82, 2.24) is 0 Å². The third-order valence-corrected chi connectivity index (χ3v) is 3.46. The first-order valence-corrected chi connectivity index (χ1v) is 7.55. The molecule has 18 heavy (non-hydrogen) atoms. The smallest absolute Gasteiger partial charge is 0.0471 e. The number of hydrogen-bond donors (Lipinski definition) is 1. The molecule has 0 amide bonds. The molecular formula is C17H28O. The van der Waals surface area contributed by atoms with E-state index in [0.717, 1.165) is 6.42 Å². The first-order chi connectivity index (χ1) is 8.86. The van der Waals surface area contributed by atoms with E-state index in [0.29, 0.717) is 0 Å². The van der Waals surface area contributed by atoms with E-state index in [1.165, 1.54) is 62.5 Å². The minimum atomic E-state index is 0.251. The Morgan fingerprint density at radius 3 is 2.11 bits per heavy atom. The maximum absolute atomic E-state index is 8.93. The topological polar surface area (TPSA) is 20.2 Å². The lowest BCUT2D eigenvalue weighted by atomic mass is 10.0. The Morgan fingerprint density at radius 2 is 1.44 bits per heavy atom. The second-order valence-electron chi connectivity index (χ2n) is 5.16. The first kappa shape index (κ1) is 15.2. The van der Waals surface area contributed by atoms with Gasteiger partial charge in [0.1, 0.15) is 0 Å². The molecule has 1 rings (SSSR count). The third kappa shape index (κ3) is 6.80. The molecule has 0 aliphatic carbocycles. The molecule has 0 radical (unpaired) electrons. The Bertz CT molecular complexity index is 306. The molecular weight excluding hydrogens is 220 g/mol. The molecule has 0 aromatic heterocycles. The van der Waals surface area contributed by atoms with Gasteiger partial charge in [0.05, 0.1) is 0 Å². The van der Waals surface area contributed by atoms with Crippen molar-refractivity contribution >= 4 is 0 Å². The highest BCUT2D eigenvalue weighted by Gasteiger charge is 1.97. The summed E-state index contributed by atoms with van der Waals surface area (Å²) in [6.07, 6.45) is 11.5. The van der Waals surface area contributed by atoms with Crippen LogP contribution in [0.1, 0.15) is 63.0 Å². The minimum absolute atomic E-state index is 0.251. The number of aliphatic hydroxyl groups excluding tert-OH is 1. The second-order valence-corrected chi connectivity index (χ2v) is 5.16. The molecule has 0 aliphatic heterocycles. The van der Waals surface area contributed by atoms with Crippen LogP contribution >= 0.6 is 0 Å². The minimum Gasteiger partial charge on any atom is -0.396 e. The van der Waals surface area contributed by atoms with Crippen LogP contribution in [0.5, 0.6) is 0 Å². The van der Waals surface area contributed by atoms with Crippen molar-refractivity contribution < 1.29 is 5.11 Å². The van der Waals surface area contributed by atoms with Gasteiger partial charge < -0.3 is 5.11 Å². The monoisotopic (exact) mass is 248 g/mol. The summed E-state index contributed by atoms with van der Waals surface area (Å²) in [4.78, 5) is 0. The van der Waals surface area contributed by atoms with E-state index in [-0.39, 0.29) is 6.61 Å². The molecule has 1 N–H and O–H groups in total. The average Bonchev–Trinajstić information content (AvgIpc) is 2.39. The highest BCUT2D eigenvalue weighted by Crippen LogP contribution is 2.12.